The lowest BCUT2D eigenvalue weighted by Gasteiger charge is -2.34. The van der Waals surface area contributed by atoms with Crippen LogP contribution in [0.3, 0.4) is 0 Å². The molecule has 1 fully saturated rings. The summed E-state index contributed by atoms with van der Waals surface area (Å²) in [6.07, 6.45) is 4.36. The predicted octanol–water partition coefficient (Wildman–Crippen LogP) is 3.50. The number of piperazine rings is 1. The maximum Gasteiger partial charge on any atom is 0.272 e. The molecule has 1 aliphatic rings. The minimum Gasteiger partial charge on any atom is -0.335 e. The van der Waals surface area contributed by atoms with E-state index in [0.717, 1.165) is 50.7 Å². The summed E-state index contributed by atoms with van der Waals surface area (Å²) < 4.78 is 1.84. The fourth-order valence-electron chi connectivity index (χ4n) is 3.33. The Morgan fingerprint density at radius 3 is 2.48 bits per heavy atom. The van der Waals surface area contributed by atoms with E-state index >= 15 is 0 Å². The van der Waals surface area contributed by atoms with Gasteiger partial charge in [0.05, 0.1) is 5.69 Å². The van der Waals surface area contributed by atoms with E-state index in [1.807, 2.05) is 28.6 Å². The van der Waals surface area contributed by atoms with Crippen LogP contribution in [-0.2, 0) is 6.54 Å². The van der Waals surface area contributed by atoms with Crippen molar-refractivity contribution in [1.82, 2.24) is 19.6 Å². The van der Waals surface area contributed by atoms with Crippen molar-refractivity contribution < 1.29 is 4.79 Å². The zero-order valence-electron chi connectivity index (χ0n) is 16.6. The van der Waals surface area contributed by atoms with Crippen LogP contribution < -0.4 is 0 Å². The molecule has 5 nitrogen and oxygen atoms in total. The first-order valence-corrected chi connectivity index (χ1v) is 9.89. The van der Waals surface area contributed by atoms with Gasteiger partial charge in [0.1, 0.15) is 5.69 Å². The number of carbonyl (C=O) groups is 1. The quantitative estimate of drug-likeness (QED) is 0.786. The van der Waals surface area contributed by atoms with Crippen LogP contribution in [0.5, 0.6) is 0 Å². The van der Waals surface area contributed by atoms with Crippen molar-refractivity contribution >= 4 is 12.0 Å². The summed E-state index contributed by atoms with van der Waals surface area (Å²) >= 11 is 0. The lowest BCUT2D eigenvalue weighted by atomic mass is 10.1. The Hall–Kier alpha value is -2.40. The molecular weight excluding hydrogens is 336 g/mol. The normalized spacial score (nSPS) is 15.8. The van der Waals surface area contributed by atoms with Gasteiger partial charge in [0.15, 0.2) is 0 Å². The summed E-state index contributed by atoms with van der Waals surface area (Å²) in [5, 5.41) is 4.58. The van der Waals surface area contributed by atoms with Gasteiger partial charge in [-0.2, -0.15) is 5.10 Å². The second-order valence-electron chi connectivity index (χ2n) is 7.33. The number of carbonyl (C=O) groups excluding carboxylic acids is 1. The summed E-state index contributed by atoms with van der Waals surface area (Å²) in [6.45, 7) is 11.2. The summed E-state index contributed by atoms with van der Waals surface area (Å²) in [5.74, 6) is 0.438. The van der Waals surface area contributed by atoms with Crippen molar-refractivity contribution in [1.29, 1.82) is 0 Å². The fraction of sp³-hybridized carbons (Fsp3) is 0.455. The van der Waals surface area contributed by atoms with Gasteiger partial charge in [0.25, 0.3) is 5.91 Å². The third-order valence-electron chi connectivity index (χ3n) is 5.04. The number of hydrogen-bond acceptors (Lipinski definition) is 3. The molecule has 2 aromatic rings. The van der Waals surface area contributed by atoms with Crippen molar-refractivity contribution in [3.05, 3.63) is 59.4 Å². The highest BCUT2D eigenvalue weighted by Gasteiger charge is 2.25. The van der Waals surface area contributed by atoms with E-state index in [9.17, 15) is 4.79 Å². The molecule has 3 rings (SSSR count). The van der Waals surface area contributed by atoms with E-state index < -0.39 is 0 Å². The predicted molar refractivity (Wildman–Crippen MR) is 110 cm³/mol. The molecule has 27 heavy (non-hydrogen) atoms. The Kier molecular flexibility index (Phi) is 6.45. The molecule has 0 aliphatic carbocycles. The SMILES string of the molecule is CCn1nc(C(C)C)cc1C(=O)N1CCN(CC=Cc2ccccc2)CC1. The average Bonchev–Trinajstić information content (AvgIpc) is 3.14. The highest BCUT2D eigenvalue weighted by molar-refractivity contribution is 5.92. The van der Waals surface area contributed by atoms with Gasteiger partial charge < -0.3 is 4.90 Å². The number of amides is 1. The van der Waals surface area contributed by atoms with Gasteiger partial charge in [-0.3, -0.25) is 14.4 Å². The summed E-state index contributed by atoms with van der Waals surface area (Å²) in [4.78, 5) is 17.3. The third kappa shape index (κ3) is 4.86. The summed E-state index contributed by atoms with van der Waals surface area (Å²) in [5.41, 5.74) is 2.93. The molecule has 144 valence electrons. The van der Waals surface area contributed by atoms with Crippen molar-refractivity contribution in [2.24, 2.45) is 0 Å². The molecule has 0 N–H and O–H groups in total. The second-order valence-corrected chi connectivity index (χ2v) is 7.33. The number of nitrogens with zero attached hydrogens (tertiary/aromatic N) is 4. The molecule has 1 saturated heterocycles. The molecule has 0 radical (unpaired) electrons. The lowest BCUT2D eigenvalue weighted by Crippen LogP contribution is -2.49. The number of rotatable bonds is 6. The van der Waals surface area contributed by atoms with Crippen LogP contribution in [0.25, 0.3) is 6.08 Å². The number of hydrogen-bond donors (Lipinski definition) is 0. The first kappa shape index (κ1) is 19.4. The highest BCUT2D eigenvalue weighted by atomic mass is 16.2. The van der Waals surface area contributed by atoms with Crippen molar-refractivity contribution in [2.75, 3.05) is 32.7 Å². The number of benzene rings is 1. The topological polar surface area (TPSA) is 41.4 Å². The maximum absolute atomic E-state index is 13.0. The van der Waals surface area contributed by atoms with Gasteiger partial charge in [0, 0.05) is 39.3 Å². The van der Waals surface area contributed by atoms with Crippen LogP contribution >= 0.6 is 0 Å². The first-order chi connectivity index (χ1) is 13.1. The molecule has 2 heterocycles. The Balaban J connectivity index is 1.54. The Morgan fingerprint density at radius 2 is 1.85 bits per heavy atom. The summed E-state index contributed by atoms with van der Waals surface area (Å²) in [6, 6.07) is 12.3. The fourth-order valence-corrected chi connectivity index (χ4v) is 3.33. The Morgan fingerprint density at radius 1 is 1.15 bits per heavy atom. The van der Waals surface area contributed by atoms with Crippen LogP contribution in [0, 0.1) is 0 Å². The first-order valence-electron chi connectivity index (χ1n) is 9.89. The van der Waals surface area contributed by atoms with Gasteiger partial charge in [-0.1, -0.05) is 56.3 Å². The van der Waals surface area contributed by atoms with E-state index in [2.05, 4.69) is 60.3 Å². The largest absolute Gasteiger partial charge is 0.335 e. The van der Waals surface area contributed by atoms with Gasteiger partial charge in [-0.05, 0) is 24.5 Å². The van der Waals surface area contributed by atoms with E-state index in [0.29, 0.717) is 5.92 Å². The van der Waals surface area contributed by atoms with E-state index in [4.69, 9.17) is 0 Å². The maximum atomic E-state index is 13.0. The lowest BCUT2D eigenvalue weighted by molar-refractivity contribution is 0.0638. The van der Waals surface area contributed by atoms with Crippen LogP contribution in [0.4, 0.5) is 0 Å². The number of aryl methyl sites for hydroxylation is 1. The zero-order chi connectivity index (χ0) is 19.2. The second kappa shape index (κ2) is 9.00. The Labute approximate surface area is 162 Å². The van der Waals surface area contributed by atoms with E-state index in [1.165, 1.54) is 5.56 Å². The van der Waals surface area contributed by atoms with Gasteiger partial charge in [0.2, 0.25) is 0 Å². The van der Waals surface area contributed by atoms with Crippen molar-refractivity contribution in [2.45, 2.75) is 33.2 Å². The van der Waals surface area contributed by atoms with Gasteiger partial charge in [-0.15, -0.1) is 0 Å². The van der Waals surface area contributed by atoms with Crippen molar-refractivity contribution in [3.63, 3.8) is 0 Å². The minimum atomic E-state index is 0.107. The average molecular weight is 367 g/mol. The monoisotopic (exact) mass is 366 g/mol. The minimum absolute atomic E-state index is 0.107. The van der Waals surface area contributed by atoms with Crippen molar-refractivity contribution in [3.8, 4) is 0 Å². The molecule has 0 saturated carbocycles. The summed E-state index contributed by atoms with van der Waals surface area (Å²) in [7, 11) is 0. The van der Waals surface area contributed by atoms with E-state index in [-0.39, 0.29) is 5.91 Å². The molecule has 0 atom stereocenters. The Bertz CT molecular complexity index is 771. The molecule has 1 aromatic carbocycles. The standard InChI is InChI=1S/C22H30N4O/c1-4-26-21(17-20(23-26)18(2)3)22(27)25-15-13-24(14-16-25)12-8-11-19-9-6-5-7-10-19/h5-11,17-18H,4,12-16H2,1-3H3. The molecule has 5 heteroatoms. The van der Waals surface area contributed by atoms with Crippen LogP contribution in [0.1, 0.15) is 48.4 Å². The van der Waals surface area contributed by atoms with Crippen LogP contribution in [0.15, 0.2) is 42.5 Å². The number of aromatic nitrogens is 2. The third-order valence-corrected chi connectivity index (χ3v) is 5.04. The smallest absolute Gasteiger partial charge is 0.272 e. The molecule has 0 bridgehead atoms. The van der Waals surface area contributed by atoms with Crippen LogP contribution in [-0.4, -0.2) is 58.2 Å². The highest BCUT2D eigenvalue weighted by Crippen LogP contribution is 2.17. The van der Waals surface area contributed by atoms with E-state index in [1.54, 1.807) is 0 Å². The van der Waals surface area contributed by atoms with Crippen LogP contribution in [0.2, 0.25) is 0 Å². The molecular formula is C22H30N4O. The zero-order valence-corrected chi connectivity index (χ0v) is 16.6. The molecule has 1 aromatic heterocycles. The molecule has 0 unspecified atom stereocenters. The van der Waals surface area contributed by atoms with Gasteiger partial charge in [-0.25, -0.2) is 0 Å². The van der Waals surface area contributed by atoms with Gasteiger partial charge >= 0.3 is 0 Å². The molecule has 0 spiro atoms. The molecule has 1 aliphatic heterocycles. The molecule has 1 amide bonds.